The molecule has 2 aromatic carbocycles. The molecule has 1 aliphatic rings. The Morgan fingerprint density at radius 3 is 2.61 bits per heavy atom. The summed E-state index contributed by atoms with van der Waals surface area (Å²) in [5.41, 5.74) is 10.0. The number of rotatable bonds is 4. The van der Waals surface area contributed by atoms with Crippen LogP contribution >= 0.6 is 15.9 Å². The van der Waals surface area contributed by atoms with Gasteiger partial charge in [0.05, 0.1) is 17.2 Å². The number of nitrogens with zero attached hydrogens (tertiary/aromatic N) is 4. The topological polar surface area (TPSA) is 98.2 Å². The van der Waals surface area contributed by atoms with Crippen LogP contribution in [0.25, 0.3) is 22.2 Å². The van der Waals surface area contributed by atoms with E-state index in [0.29, 0.717) is 27.8 Å². The zero-order valence-corrected chi connectivity index (χ0v) is 18.3. The number of nitrogens with one attached hydrogen (secondary N) is 1. The first kappa shape index (κ1) is 19.7. The Morgan fingerprint density at radius 2 is 1.87 bits per heavy atom. The maximum Gasteiger partial charge on any atom is 0.257 e. The fourth-order valence-electron chi connectivity index (χ4n) is 4.03. The number of hydrogen-bond acceptors (Lipinski definition) is 5. The number of benzene rings is 2. The number of amides is 1. The molecule has 156 valence electrons. The predicted octanol–water partition coefficient (Wildman–Crippen LogP) is 4.48. The van der Waals surface area contributed by atoms with Crippen molar-refractivity contribution in [3.63, 3.8) is 0 Å². The summed E-state index contributed by atoms with van der Waals surface area (Å²) in [5.74, 6) is 0.00226. The highest BCUT2D eigenvalue weighted by molar-refractivity contribution is 9.10. The van der Waals surface area contributed by atoms with E-state index in [-0.39, 0.29) is 17.8 Å². The van der Waals surface area contributed by atoms with Gasteiger partial charge in [0, 0.05) is 10.5 Å². The van der Waals surface area contributed by atoms with Gasteiger partial charge in [0.2, 0.25) is 0 Å². The number of anilines is 1. The number of nitrogen functional groups attached to an aromatic ring is 1. The molecule has 2 heterocycles. The first-order valence-electron chi connectivity index (χ1n) is 10.3. The molecule has 0 unspecified atom stereocenters. The molecule has 3 N–H and O–H groups in total. The second kappa shape index (κ2) is 8.11. The Hall–Kier alpha value is -3.26. The molecule has 0 aliphatic heterocycles. The fraction of sp³-hybridized carbons (Fsp3) is 0.217. The van der Waals surface area contributed by atoms with Crippen molar-refractivity contribution in [2.24, 2.45) is 5.10 Å². The van der Waals surface area contributed by atoms with Crippen LogP contribution in [0.1, 0.15) is 41.6 Å². The molecule has 0 saturated heterocycles. The summed E-state index contributed by atoms with van der Waals surface area (Å²) in [6.07, 6.45) is 5.92. The Bertz CT molecular complexity index is 1320. The lowest BCUT2D eigenvalue weighted by molar-refractivity contribution is 0.0940. The molecular formula is C23H21BrN6O. The van der Waals surface area contributed by atoms with Gasteiger partial charge in [-0.15, -0.1) is 0 Å². The van der Waals surface area contributed by atoms with E-state index in [1.807, 2.05) is 48.5 Å². The summed E-state index contributed by atoms with van der Waals surface area (Å²) in [7, 11) is 0. The average molecular weight is 477 g/mol. The Morgan fingerprint density at radius 1 is 1.13 bits per heavy atom. The largest absolute Gasteiger partial charge is 0.383 e. The summed E-state index contributed by atoms with van der Waals surface area (Å²) in [5, 5.41) is 7.66. The van der Waals surface area contributed by atoms with Crippen molar-refractivity contribution in [2.75, 3.05) is 5.73 Å². The Labute approximate surface area is 187 Å². The van der Waals surface area contributed by atoms with E-state index in [1.54, 1.807) is 6.21 Å². The molecule has 0 spiro atoms. The highest BCUT2D eigenvalue weighted by Crippen LogP contribution is 2.28. The van der Waals surface area contributed by atoms with Crippen LogP contribution in [-0.4, -0.2) is 32.8 Å². The normalized spacial score (nSPS) is 14.7. The summed E-state index contributed by atoms with van der Waals surface area (Å²) in [6.45, 7) is 0. The number of carbonyl (C=O) groups excluding carboxylic acids is 1. The molecule has 8 heteroatoms. The molecule has 1 amide bonds. The average Bonchev–Trinajstić information content (AvgIpc) is 3.36. The molecule has 0 bridgehead atoms. The van der Waals surface area contributed by atoms with Gasteiger partial charge >= 0.3 is 0 Å². The van der Waals surface area contributed by atoms with Crippen molar-refractivity contribution >= 4 is 56.1 Å². The van der Waals surface area contributed by atoms with Gasteiger partial charge in [-0.1, -0.05) is 53.0 Å². The standard InChI is InChI=1S/C23H21BrN6O/c24-15-7-5-6-14(12-15)13-26-30-21(25)19(23(31)27-16-8-1-2-9-16)20-22(30)29-18-11-4-3-10-17(18)28-20/h3-7,10-13,16H,1-2,8-9,25H2,(H,27,31)/b26-13-. The minimum absolute atomic E-state index is 0.170. The number of para-hydroxylation sites is 2. The molecule has 1 saturated carbocycles. The number of fused-ring (bicyclic) bond motifs is 2. The van der Waals surface area contributed by atoms with Gasteiger partial charge in [-0.3, -0.25) is 4.79 Å². The molecule has 31 heavy (non-hydrogen) atoms. The fourth-order valence-corrected chi connectivity index (χ4v) is 4.44. The molecule has 1 fully saturated rings. The molecular weight excluding hydrogens is 456 g/mol. The van der Waals surface area contributed by atoms with E-state index >= 15 is 0 Å². The number of nitrogens with two attached hydrogens (primary N) is 1. The van der Waals surface area contributed by atoms with E-state index in [2.05, 4.69) is 26.3 Å². The van der Waals surface area contributed by atoms with Gasteiger partial charge in [0.15, 0.2) is 5.65 Å². The van der Waals surface area contributed by atoms with Crippen LogP contribution in [0.3, 0.4) is 0 Å². The number of halogens is 1. The van der Waals surface area contributed by atoms with Crippen molar-refractivity contribution in [1.82, 2.24) is 20.0 Å². The first-order valence-corrected chi connectivity index (χ1v) is 11.1. The molecule has 0 radical (unpaired) electrons. The van der Waals surface area contributed by atoms with E-state index in [9.17, 15) is 4.79 Å². The highest BCUT2D eigenvalue weighted by Gasteiger charge is 2.26. The Kier molecular flexibility index (Phi) is 5.15. The summed E-state index contributed by atoms with van der Waals surface area (Å²) < 4.78 is 2.45. The van der Waals surface area contributed by atoms with Crippen LogP contribution < -0.4 is 11.1 Å². The highest BCUT2D eigenvalue weighted by atomic mass is 79.9. The first-order chi connectivity index (χ1) is 15.1. The second-order valence-corrected chi connectivity index (χ2v) is 8.63. The third kappa shape index (κ3) is 3.79. The number of aromatic nitrogens is 3. The van der Waals surface area contributed by atoms with Crippen LogP contribution in [0, 0.1) is 0 Å². The minimum atomic E-state index is -0.226. The van der Waals surface area contributed by atoms with Gasteiger partial charge in [-0.05, 0) is 42.7 Å². The third-order valence-corrected chi connectivity index (χ3v) is 6.06. The summed E-state index contributed by atoms with van der Waals surface area (Å²) in [4.78, 5) is 22.6. The van der Waals surface area contributed by atoms with Gasteiger partial charge in [0.25, 0.3) is 5.91 Å². The molecule has 2 aromatic heterocycles. The van der Waals surface area contributed by atoms with Crippen molar-refractivity contribution in [1.29, 1.82) is 0 Å². The lowest BCUT2D eigenvalue weighted by atomic mass is 10.2. The van der Waals surface area contributed by atoms with Gasteiger partial charge in [-0.25, -0.2) is 9.97 Å². The third-order valence-electron chi connectivity index (χ3n) is 5.56. The minimum Gasteiger partial charge on any atom is -0.383 e. The maximum atomic E-state index is 13.2. The molecule has 1 aliphatic carbocycles. The van der Waals surface area contributed by atoms with E-state index < -0.39 is 0 Å². The van der Waals surface area contributed by atoms with Crippen LogP contribution in [0.5, 0.6) is 0 Å². The lowest BCUT2D eigenvalue weighted by Crippen LogP contribution is -2.33. The van der Waals surface area contributed by atoms with Crippen LogP contribution in [-0.2, 0) is 0 Å². The summed E-state index contributed by atoms with van der Waals surface area (Å²) >= 11 is 3.47. The zero-order chi connectivity index (χ0) is 21.4. The van der Waals surface area contributed by atoms with Gasteiger partial charge in [-0.2, -0.15) is 9.78 Å². The summed E-state index contributed by atoms with van der Waals surface area (Å²) in [6, 6.07) is 15.5. The van der Waals surface area contributed by atoms with Crippen molar-refractivity contribution in [3.05, 3.63) is 64.1 Å². The Balaban J connectivity index is 1.65. The maximum absolute atomic E-state index is 13.2. The molecule has 5 rings (SSSR count). The predicted molar refractivity (Wildman–Crippen MR) is 126 cm³/mol. The van der Waals surface area contributed by atoms with Gasteiger partial charge in [0.1, 0.15) is 16.9 Å². The zero-order valence-electron chi connectivity index (χ0n) is 16.8. The quantitative estimate of drug-likeness (QED) is 0.424. The van der Waals surface area contributed by atoms with Crippen LogP contribution in [0.2, 0.25) is 0 Å². The second-order valence-electron chi connectivity index (χ2n) is 7.71. The monoisotopic (exact) mass is 476 g/mol. The lowest BCUT2D eigenvalue weighted by Gasteiger charge is -2.11. The van der Waals surface area contributed by atoms with E-state index in [4.69, 9.17) is 15.7 Å². The molecule has 7 nitrogen and oxygen atoms in total. The van der Waals surface area contributed by atoms with Crippen LogP contribution in [0.4, 0.5) is 5.82 Å². The van der Waals surface area contributed by atoms with Gasteiger partial charge < -0.3 is 11.1 Å². The molecule has 4 aromatic rings. The van der Waals surface area contributed by atoms with Crippen molar-refractivity contribution in [2.45, 2.75) is 31.7 Å². The smallest absolute Gasteiger partial charge is 0.257 e. The number of hydrogen-bond donors (Lipinski definition) is 2. The van der Waals surface area contributed by atoms with Crippen LogP contribution in [0.15, 0.2) is 58.1 Å². The molecule has 0 atom stereocenters. The van der Waals surface area contributed by atoms with E-state index in [0.717, 1.165) is 35.7 Å². The van der Waals surface area contributed by atoms with E-state index in [1.165, 1.54) is 4.68 Å². The number of carbonyl (C=O) groups is 1. The van der Waals surface area contributed by atoms with Crippen molar-refractivity contribution < 1.29 is 4.79 Å². The SMILES string of the molecule is Nc1c(C(=O)NC2CCCC2)c2nc3ccccc3nc2n1/N=C\c1cccc(Br)c1. The van der Waals surface area contributed by atoms with Crippen molar-refractivity contribution in [3.8, 4) is 0 Å².